The van der Waals surface area contributed by atoms with Gasteiger partial charge >= 0.3 is 0 Å². The summed E-state index contributed by atoms with van der Waals surface area (Å²) in [5.74, 6) is 0.377. The van der Waals surface area contributed by atoms with E-state index in [1.807, 2.05) is 26.8 Å². The maximum absolute atomic E-state index is 12.8. The first-order valence-corrected chi connectivity index (χ1v) is 8.09. The van der Waals surface area contributed by atoms with Gasteiger partial charge in [-0.1, -0.05) is 6.07 Å². The van der Waals surface area contributed by atoms with Crippen LogP contribution in [0.15, 0.2) is 23.1 Å². The molecule has 20 heavy (non-hydrogen) atoms. The predicted molar refractivity (Wildman–Crippen MR) is 76.5 cm³/mol. The minimum absolute atomic E-state index is 0.107. The second-order valence-corrected chi connectivity index (χ2v) is 7.14. The van der Waals surface area contributed by atoms with Gasteiger partial charge < -0.3 is 9.47 Å². The number of morpholine rings is 1. The largest absolute Gasteiger partial charge is 0.495 e. The summed E-state index contributed by atoms with van der Waals surface area (Å²) < 4.78 is 37.9. The Morgan fingerprint density at radius 3 is 2.40 bits per heavy atom. The van der Waals surface area contributed by atoms with Gasteiger partial charge in [0.1, 0.15) is 10.6 Å². The molecular formula is C14H21NO4S. The summed E-state index contributed by atoms with van der Waals surface area (Å²) in [5, 5.41) is 0. The van der Waals surface area contributed by atoms with E-state index in [0.29, 0.717) is 18.8 Å². The van der Waals surface area contributed by atoms with Crippen LogP contribution in [0.1, 0.15) is 19.4 Å². The highest BCUT2D eigenvalue weighted by atomic mass is 32.2. The van der Waals surface area contributed by atoms with Gasteiger partial charge in [-0.15, -0.1) is 0 Å². The van der Waals surface area contributed by atoms with E-state index in [4.69, 9.17) is 9.47 Å². The molecule has 2 unspecified atom stereocenters. The number of aryl methyl sites for hydroxylation is 1. The van der Waals surface area contributed by atoms with Crippen molar-refractivity contribution in [2.24, 2.45) is 0 Å². The molecule has 1 heterocycles. The molecule has 0 spiro atoms. The van der Waals surface area contributed by atoms with E-state index < -0.39 is 10.0 Å². The average Bonchev–Trinajstić information content (AvgIpc) is 2.37. The first-order chi connectivity index (χ1) is 9.34. The standard InChI is InChI=1S/C14H21NO4S/c1-10-5-6-13(18-4)14(7-10)20(16,17)15-8-11(2)19-12(3)9-15/h5-7,11-12H,8-9H2,1-4H3. The molecule has 0 N–H and O–H groups in total. The highest BCUT2D eigenvalue weighted by Gasteiger charge is 2.33. The van der Waals surface area contributed by atoms with Crippen LogP contribution >= 0.6 is 0 Å². The minimum Gasteiger partial charge on any atom is -0.495 e. The first kappa shape index (κ1) is 15.3. The van der Waals surface area contributed by atoms with Crippen molar-refractivity contribution in [2.75, 3.05) is 20.2 Å². The fourth-order valence-corrected chi connectivity index (χ4v) is 4.28. The monoisotopic (exact) mass is 299 g/mol. The molecule has 1 saturated heterocycles. The van der Waals surface area contributed by atoms with Crippen LogP contribution in [0.25, 0.3) is 0 Å². The quantitative estimate of drug-likeness (QED) is 0.854. The van der Waals surface area contributed by atoms with E-state index in [2.05, 4.69) is 0 Å². The molecule has 1 aliphatic rings. The Labute approximate surface area is 120 Å². The van der Waals surface area contributed by atoms with Crippen molar-refractivity contribution < 1.29 is 17.9 Å². The first-order valence-electron chi connectivity index (χ1n) is 6.65. The Hall–Kier alpha value is -1.11. The molecule has 0 bridgehead atoms. The number of ether oxygens (including phenoxy) is 2. The fraction of sp³-hybridized carbons (Fsp3) is 0.571. The highest BCUT2D eigenvalue weighted by molar-refractivity contribution is 7.89. The van der Waals surface area contributed by atoms with E-state index in [1.54, 1.807) is 12.1 Å². The van der Waals surface area contributed by atoms with Crippen LogP contribution in [0.5, 0.6) is 5.75 Å². The average molecular weight is 299 g/mol. The summed E-state index contributed by atoms with van der Waals surface area (Å²) in [6.45, 7) is 6.36. The van der Waals surface area contributed by atoms with E-state index in [1.165, 1.54) is 11.4 Å². The van der Waals surface area contributed by atoms with Crippen molar-refractivity contribution in [3.63, 3.8) is 0 Å². The second-order valence-electron chi connectivity index (χ2n) is 5.23. The van der Waals surface area contributed by atoms with Crippen molar-refractivity contribution in [2.45, 2.75) is 37.9 Å². The van der Waals surface area contributed by atoms with Gasteiger partial charge in [-0.25, -0.2) is 8.42 Å². The van der Waals surface area contributed by atoms with Gasteiger partial charge in [-0.3, -0.25) is 0 Å². The van der Waals surface area contributed by atoms with Crippen molar-refractivity contribution in [1.29, 1.82) is 0 Å². The molecule has 6 heteroatoms. The Morgan fingerprint density at radius 1 is 1.25 bits per heavy atom. The highest BCUT2D eigenvalue weighted by Crippen LogP contribution is 2.29. The van der Waals surface area contributed by atoms with E-state index >= 15 is 0 Å². The van der Waals surface area contributed by atoms with Crippen molar-refractivity contribution in [3.05, 3.63) is 23.8 Å². The number of hydrogen-bond acceptors (Lipinski definition) is 4. The lowest BCUT2D eigenvalue weighted by atomic mass is 10.2. The third-order valence-corrected chi connectivity index (χ3v) is 5.18. The topological polar surface area (TPSA) is 55.8 Å². The van der Waals surface area contributed by atoms with Crippen LogP contribution in [0.4, 0.5) is 0 Å². The number of hydrogen-bond donors (Lipinski definition) is 0. The fourth-order valence-electron chi connectivity index (χ4n) is 2.45. The molecule has 1 fully saturated rings. The summed E-state index contributed by atoms with van der Waals surface area (Å²) in [6.07, 6.45) is -0.214. The smallest absolute Gasteiger partial charge is 0.246 e. The molecule has 0 saturated carbocycles. The number of nitrogens with zero attached hydrogens (tertiary/aromatic N) is 1. The van der Waals surface area contributed by atoms with Crippen LogP contribution in [-0.2, 0) is 14.8 Å². The third-order valence-electron chi connectivity index (χ3n) is 3.32. The molecular weight excluding hydrogens is 278 g/mol. The molecule has 2 atom stereocenters. The molecule has 0 amide bonds. The van der Waals surface area contributed by atoms with Crippen molar-refractivity contribution in [1.82, 2.24) is 4.31 Å². The van der Waals surface area contributed by atoms with Crippen LogP contribution in [0.2, 0.25) is 0 Å². The van der Waals surface area contributed by atoms with Crippen LogP contribution in [0.3, 0.4) is 0 Å². The van der Waals surface area contributed by atoms with Crippen LogP contribution < -0.4 is 4.74 Å². The summed E-state index contributed by atoms with van der Waals surface area (Å²) in [7, 11) is -2.08. The summed E-state index contributed by atoms with van der Waals surface area (Å²) in [6, 6.07) is 5.18. The maximum Gasteiger partial charge on any atom is 0.246 e. The van der Waals surface area contributed by atoms with Crippen LogP contribution in [0, 0.1) is 6.92 Å². The Kier molecular flexibility index (Phi) is 4.36. The van der Waals surface area contributed by atoms with Crippen molar-refractivity contribution >= 4 is 10.0 Å². The molecule has 1 aromatic carbocycles. The summed E-state index contributed by atoms with van der Waals surface area (Å²) >= 11 is 0. The van der Waals surface area contributed by atoms with Gasteiger partial charge in [0.05, 0.1) is 19.3 Å². The van der Waals surface area contributed by atoms with E-state index in [9.17, 15) is 8.42 Å². The third kappa shape index (κ3) is 2.97. The molecule has 1 aromatic rings. The predicted octanol–water partition coefficient (Wildman–Crippen LogP) is 1.80. The van der Waals surface area contributed by atoms with Crippen molar-refractivity contribution in [3.8, 4) is 5.75 Å². The minimum atomic E-state index is -3.56. The SMILES string of the molecule is COc1ccc(C)cc1S(=O)(=O)N1CC(C)OC(C)C1. The lowest BCUT2D eigenvalue weighted by Gasteiger charge is -2.34. The molecule has 0 radical (unpaired) electrons. The molecule has 0 aliphatic carbocycles. The normalized spacial score (nSPS) is 24.6. The molecule has 2 rings (SSSR count). The van der Waals surface area contributed by atoms with Gasteiger partial charge in [0.15, 0.2) is 0 Å². The molecule has 5 nitrogen and oxygen atoms in total. The maximum atomic E-state index is 12.8. The molecule has 112 valence electrons. The number of rotatable bonds is 3. The summed E-state index contributed by atoms with van der Waals surface area (Å²) in [4.78, 5) is 0.223. The zero-order chi connectivity index (χ0) is 14.9. The number of benzene rings is 1. The van der Waals surface area contributed by atoms with E-state index in [0.717, 1.165) is 5.56 Å². The van der Waals surface area contributed by atoms with Gasteiger partial charge in [0.2, 0.25) is 10.0 Å². The van der Waals surface area contributed by atoms with Gasteiger partial charge in [0.25, 0.3) is 0 Å². The Morgan fingerprint density at radius 2 is 1.85 bits per heavy atom. The summed E-state index contributed by atoms with van der Waals surface area (Å²) in [5.41, 5.74) is 0.888. The molecule has 0 aromatic heterocycles. The lowest BCUT2D eigenvalue weighted by molar-refractivity contribution is -0.0441. The van der Waals surface area contributed by atoms with E-state index in [-0.39, 0.29) is 17.1 Å². The lowest BCUT2D eigenvalue weighted by Crippen LogP contribution is -2.48. The molecule has 1 aliphatic heterocycles. The number of methoxy groups -OCH3 is 1. The zero-order valence-corrected chi connectivity index (χ0v) is 13.1. The van der Waals surface area contributed by atoms with Crippen LogP contribution in [-0.4, -0.2) is 45.1 Å². The van der Waals surface area contributed by atoms with Gasteiger partial charge in [-0.05, 0) is 38.5 Å². The zero-order valence-electron chi connectivity index (χ0n) is 12.3. The number of sulfonamides is 1. The van der Waals surface area contributed by atoms with Gasteiger partial charge in [0, 0.05) is 13.1 Å². The van der Waals surface area contributed by atoms with Gasteiger partial charge in [-0.2, -0.15) is 4.31 Å². The Bertz CT molecular complexity index is 575. The Balaban J connectivity index is 2.42. The second kappa shape index (κ2) is 5.71.